The molecule has 2 amide bonds. The molecule has 1 aromatic carbocycles. The van der Waals surface area contributed by atoms with Gasteiger partial charge in [0.05, 0.1) is 5.56 Å². The van der Waals surface area contributed by atoms with E-state index in [2.05, 4.69) is 5.32 Å². The second-order valence-corrected chi connectivity index (χ2v) is 6.91. The molecule has 1 aliphatic rings. The van der Waals surface area contributed by atoms with Crippen molar-refractivity contribution < 1.29 is 19.5 Å². The summed E-state index contributed by atoms with van der Waals surface area (Å²) in [4.78, 5) is 37.4. The van der Waals surface area contributed by atoms with Crippen LogP contribution in [0.5, 0.6) is 0 Å². The van der Waals surface area contributed by atoms with E-state index in [1.165, 1.54) is 4.90 Å². The second-order valence-electron chi connectivity index (χ2n) is 6.91. The van der Waals surface area contributed by atoms with E-state index in [-0.39, 0.29) is 12.1 Å². The highest BCUT2D eigenvalue weighted by Crippen LogP contribution is 2.25. The summed E-state index contributed by atoms with van der Waals surface area (Å²) in [6, 6.07) is 7.53. The predicted octanol–water partition coefficient (Wildman–Crippen LogP) is 2.66. The van der Waals surface area contributed by atoms with Gasteiger partial charge in [-0.25, -0.2) is 4.79 Å². The Kier molecular flexibility index (Phi) is 4.97. The topological polar surface area (TPSA) is 91.6 Å². The first kappa shape index (κ1) is 18.0. The molecule has 0 radical (unpaired) electrons. The number of carbonyl (C=O) groups excluding carboxylic acids is 2. The van der Waals surface area contributed by atoms with Crippen molar-refractivity contribution in [3.63, 3.8) is 0 Å². The Balaban J connectivity index is 1.75. The molecule has 1 fully saturated rings. The van der Waals surface area contributed by atoms with Gasteiger partial charge < -0.3 is 19.9 Å². The third kappa shape index (κ3) is 3.42. The number of aromatic nitrogens is 1. The molecule has 2 heterocycles. The van der Waals surface area contributed by atoms with Crippen LogP contribution >= 0.6 is 0 Å². The zero-order valence-electron chi connectivity index (χ0n) is 14.9. The average Bonchev–Trinajstić information content (AvgIpc) is 3.01. The van der Waals surface area contributed by atoms with Crippen LogP contribution in [0, 0.1) is 0 Å². The number of ketones is 1. The summed E-state index contributed by atoms with van der Waals surface area (Å²) in [5.41, 5.74) is 1.32. The fourth-order valence-electron chi connectivity index (χ4n) is 3.40. The molecule has 0 aliphatic carbocycles. The molecule has 0 atom stereocenters. The van der Waals surface area contributed by atoms with Gasteiger partial charge in [0, 0.05) is 42.3 Å². The molecule has 2 aromatic rings. The Hall–Kier alpha value is -2.83. The summed E-state index contributed by atoms with van der Waals surface area (Å²) >= 11 is 0. The van der Waals surface area contributed by atoms with Crippen LogP contribution in [0.15, 0.2) is 30.5 Å². The second kappa shape index (κ2) is 7.19. The van der Waals surface area contributed by atoms with Crippen molar-refractivity contribution in [3.05, 3.63) is 36.0 Å². The predicted molar refractivity (Wildman–Crippen MR) is 97.4 cm³/mol. The molecule has 1 aromatic heterocycles. The van der Waals surface area contributed by atoms with Crippen molar-refractivity contribution in [3.8, 4) is 0 Å². The lowest BCUT2D eigenvalue weighted by Crippen LogP contribution is -2.47. The first-order chi connectivity index (χ1) is 12.4. The number of rotatable bonds is 4. The molecule has 0 bridgehead atoms. The first-order valence-corrected chi connectivity index (χ1v) is 8.81. The summed E-state index contributed by atoms with van der Waals surface area (Å²) in [6.07, 6.45) is 1.81. The van der Waals surface area contributed by atoms with E-state index in [0.29, 0.717) is 31.5 Å². The number of hydrogen-bond acceptors (Lipinski definition) is 3. The third-order valence-corrected chi connectivity index (χ3v) is 4.85. The minimum atomic E-state index is -0.952. The largest absolute Gasteiger partial charge is 0.465 e. The van der Waals surface area contributed by atoms with Gasteiger partial charge in [-0.15, -0.1) is 0 Å². The van der Waals surface area contributed by atoms with Gasteiger partial charge in [-0.1, -0.05) is 18.2 Å². The summed E-state index contributed by atoms with van der Waals surface area (Å²) in [5, 5.41) is 12.5. The molecule has 7 nitrogen and oxygen atoms in total. The first-order valence-electron chi connectivity index (χ1n) is 8.81. The molecule has 0 spiro atoms. The maximum absolute atomic E-state index is 12.7. The van der Waals surface area contributed by atoms with Crippen LogP contribution in [0.2, 0.25) is 0 Å². The smallest absolute Gasteiger partial charge is 0.407 e. The number of para-hydroxylation sites is 1. The van der Waals surface area contributed by atoms with Crippen LogP contribution in [0.1, 0.15) is 43.1 Å². The van der Waals surface area contributed by atoms with Crippen LogP contribution in [-0.2, 0) is 4.79 Å². The van der Waals surface area contributed by atoms with E-state index < -0.39 is 17.8 Å². The zero-order chi connectivity index (χ0) is 18.8. The molecule has 3 rings (SSSR count). The Morgan fingerprint density at radius 3 is 2.42 bits per heavy atom. The van der Waals surface area contributed by atoms with E-state index in [1.54, 1.807) is 6.20 Å². The van der Waals surface area contributed by atoms with E-state index in [1.807, 2.05) is 42.7 Å². The number of piperidine rings is 1. The molecule has 138 valence electrons. The molecular weight excluding hydrogens is 334 g/mol. The number of fused-ring (bicyclic) bond motifs is 1. The molecule has 7 heteroatoms. The number of nitrogens with zero attached hydrogens (tertiary/aromatic N) is 2. The third-order valence-electron chi connectivity index (χ3n) is 4.85. The van der Waals surface area contributed by atoms with Crippen LogP contribution in [0.25, 0.3) is 10.9 Å². The van der Waals surface area contributed by atoms with Crippen molar-refractivity contribution >= 4 is 28.7 Å². The van der Waals surface area contributed by atoms with Gasteiger partial charge >= 0.3 is 6.09 Å². The summed E-state index contributed by atoms with van der Waals surface area (Å²) in [6.45, 7) is 4.77. The molecule has 0 saturated carbocycles. The lowest BCUT2D eigenvalue weighted by molar-refractivity contribution is -0.117. The number of nitrogens with one attached hydrogen (secondary N) is 1. The molecular formula is C19H23N3O4. The Bertz CT molecular complexity index is 848. The van der Waals surface area contributed by atoms with Crippen molar-refractivity contribution in [2.45, 2.75) is 38.8 Å². The highest BCUT2D eigenvalue weighted by atomic mass is 16.4. The van der Waals surface area contributed by atoms with Crippen molar-refractivity contribution in [1.82, 2.24) is 14.8 Å². The van der Waals surface area contributed by atoms with Crippen LogP contribution < -0.4 is 5.32 Å². The number of carboxylic acid groups (broad SMARTS) is 1. The summed E-state index contributed by atoms with van der Waals surface area (Å²) in [7, 11) is 0. The maximum atomic E-state index is 12.7. The Labute approximate surface area is 151 Å². The van der Waals surface area contributed by atoms with Crippen molar-refractivity contribution in [2.24, 2.45) is 0 Å². The fraction of sp³-hybridized carbons (Fsp3) is 0.421. The average molecular weight is 357 g/mol. The lowest BCUT2D eigenvalue weighted by Gasteiger charge is -2.30. The number of carbonyl (C=O) groups is 3. The van der Waals surface area contributed by atoms with Gasteiger partial charge in [0.1, 0.15) is 0 Å². The zero-order valence-corrected chi connectivity index (χ0v) is 14.9. The highest BCUT2D eigenvalue weighted by molar-refractivity contribution is 6.45. The van der Waals surface area contributed by atoms with Crippen LogP contribution in [0.3, 0.4) is 0 Å². The Morgan fingerprint density at radius 2 is 1.81 bits per heavy atom. The standard InChI is InChI=1S/C19H23N3O4/c1-12(2)22-11-15(14-5-3-4-6-16(14)22)17(23)18(24)20-13-7-9-21(10-8-13)19(25)26/h3-6,11-13H,7-10H2,1-2H3,(H,20,24)(H,25,26). The lowest BCUT2D eigenvalue weighted by atomic mass is 10.0. The van der Waals surface area contributed by atoms with Crippen molar-refractivity contribution in [2.75, 3.05) is 13.1 Å². The number of Topliss-reactive ketones (excluding diaryl/α,β-unsaturated/α-hetero) is 1. The van der Waals surface area contributed by atoms with Crippen LogP contribution in [-0.4, -0.2) is 51.5 Å². The monoisotopic (exact) mass is 357 g/mol. The SMILES string of the molecule is CC(C)n1cc(C(=O)C(=O)NC2CCN(C(=O)O)CC2)c2ccccc21. The van der Waals surface area contributed by atoms with E-state index in [4.69, 9.17) is 5.11 Å². The summed E-state index contributed by atoms with van der Waals surface area (Å²) < 4.78 is 1.99. The van der Waals surface area contributed by atoms with E-state index >= 15 is 0 Å². The Morgan fingerprint density at radius 1 is 1.15 bits per heavy atom. The summed E-state index contributed by atoms with van der Waals surface area (Å²) in [5.74, 6) is -1.19. The fourth-order valence-corrected chi connectivity index (χ4v) is 3.40. The van der Waals surface area contributed by atoms with Gasteiger partial charge in [0.25, 0.3) is 11.7 Å². The van der Waals surface area contributed by atoms with Gasteiger partial charge in [-0.2, -0.15) is 0 Å². The van der Waals surface area contributed by atoms with Crippen LogP contribution in [0.4, 0.5) is 4.79 Å². The van der Waals surface area contributed by atoms with Gasteiger partial charge in [-0.3, -0.25) is 9.59 Å². The minimum Gasteiger partial charge on any atom is -0.465 e. The molecule has 26 heavy (non-hydrogen) atoms. The number of likely N-dealkylation sites (tertiary alicyclic amines) is 1. The highest BCUT2D eigenvalue weighted by Gasteiger charge is 2.27. The van der Waals surface area contributed by atoms with E-state index in [0.717, 1.165) is 10.9 Å². The normalized spacial score (nSPS) is 15.4. The van der Waals surface area contributed by atoms with Gasteiger partial charge in [-0.05, 0) is 32.8 Å². The van der Waals surface area contributed by atoms with E-state index in [9.17, 15) is 14.4 Å². The van der Waals surface area contributed by atoms with Gasteiger partial charge in [0.15, 0.2) is 0 Å². The van der Waals surface area contributed by atoms with Gasteiger partial charge in [0.2, 0.25) is 0 Å². The molecule has 2 N–H and O–H groups in total. The van der Waals surface area contributed by atoms with Crippen molar-refractivity contribution in [1.29, 1.82) is 0 Å². The molecule has 1 saturated heterocycles. The quantitative estimate of drug-likeness (QED) is 0.650. The maximum Gasteiger partial charge on any atom is 0.407 e. The molecule has 1 aliphatic heterocycles. The minimum absolute atomic E-state index is 0.171. The number of hydrogen-bond donors (Lipinski definition) is 2. The number of benzene rings is 1. The molecule has 0 unspecified atom stereocenters. The number of amides is 2.